The largest absolute Gasteiger partial charge is 0.416 e. The zero-order valence-corrected chi connectivity index (χ0v) is 18.2. The third-order valence-corrected chi connectivity index (χ3v) is 5.47. The zero-order chi connectivity index (χ0) is 23.6. The number of hydrogen-bond donors (Lipinski definition) is 2. The number of imidazole rings is 1. The summed E-state index contributed by atoms with van der Waals surface area (Å²) >= 11 is 5.94. The van der Waals surface area contributed by atoms with Crippen molar-refractivity contribution in [3.8, 4) is 5.82 Å². The Morgan fingerprint density at radius 1 is 1.33 bits per heavy atom. The molecule has 33 heavy (non-hydrogen) atoms. The van der Waals surface area contributed by atoms with Crippen LogP contribution in [0.4, 0.5) is 19.1 Å². The molecule has 0 radical (unpaired) electrons. The van der Waals surface area contributed by atoms with Gasteiger partial charge in [0, 0.05) is 41.7 Å². The fourth-order valence-corrected chi connectivity index (χ4v) is 3.66. The third-order valence-electron chi connectivity index (χ3n) is 5.12. The number of benzene rings is 1. The Kier molecular flexibility index (Phi) is 6.52. The molecule has 8 nitrogen and oxygen atoms in total. The molecule has 12 heteroatoms. The monoisotopic (exact) mass is 480 g/mol. The first-order valence-corrected chi connectivity index (χ1v) is 10.4. The first kappa shape index (κ1) is 23.0. The summed E-state index contributed by atoms with van der Waals surface area (Å²) in [5.41, 5.74) is -0.339. The van der Waals surface area contributed by atoms with E-state index in [-0.39, 0.29) is 22.3 Å². The summed E-state index contributed by atoms with van der Waals surface area (Å²) in [6, 6.07) is 3.60. The van der Waals surface area contributed by atoms with Gasteiger partial charge in [0.05, 0.1) is 18.2 Å². The lowest BCUT2D eigenvalue weighted by Gasteiger charge is -2.14. The van der Waals surface area contributed by atoms with E-state index in [1.54, 1.807) is 10.8 Å². The van der Waals surface area contributed by atoms with E-state index in [1.165, 1.54) is 24.7 Å². The number of anilines is 1. The second kappa shape index (κ2) is 9.36. The van der Waals surface area contributed by atoms with E-state index in [0.29, 0.717) is 25.0 Å². The maximum absolute atomic E-state index is 13.3. The van der Waals surface area contributed by atoms with Crippen LogP contribution in [0.1, 0.15) is 33.6 Å². The Morgan fingerprint density at radius 3 is 2.88 bits per heavy atom. The van der Waals surface area contributed by atoms with Crippen molar-refractivity contribution in [1.82, 2.24) is 24.8 Å². The van der Waals surface area contributed by atoms with Crippen molar-refractivity contribution in [2.24, 2.45) is 0 Å². The molecule has 1 fully saturated rings. The average molecular weight is 481 g/mol. The molecule has 0 aliphatic carbocycles. The van der Waals surface area contributed by atoms with Crippen molar-refractivity contribution in [1.29, 1.82) is 0 Å². The van der Waals surface area contributed by atoms with Gasteiger partial charge in [-0.3, -0.25) is 9.36 Å². The number of nitrogens with zero attached hydrogens (tertiary/aromatic N) is 4. The Bertz CT molecular complexity index is 1160. The zero-order valence-electron chi connectivity index (χ0n) is 17.5. The van der Waals surface area contributed by atoms with Crippen LogP contribution in [-0.4, -0.2) is 44.7 Å². The van der Waals surface area contributed by atoms with Gasteiger partial charge in [-0.05, 0) is 25.5 Å². The van der Waals surface area contributed by atoms with Crippen molar-refractivity contribution in [3.05, 3.63) is 64.3 Å². The molecule has 1 aliphatic rings. The van der Waals surface area contributed by atoms with Crippen LogP contribution in [0.15, 0.2) is 36.9 Å². The molecule has 174 valence electrons. The van der Waals surface area contributed by atoms with Gasteiger partial charge < -0.3 is 15.4 Å². The molecule has 2 aromatic heterocycles. The van der Waals surface area contributed by atoms with E-state index in [4.69, 9.17) is 16.3 Å². The number of rotatable bonds is 6. The predicted molar refractivity (Wildman–Crippen MR) is 114 cm³/mol. The van der Waals surface area contributed by atoms with Crippen LogP contribution in [-0.2, 0) is 17.5 Å². The van der Waals surface area contributed by atoms with Gasteiger partial charge >= 0.3 is 6.18 Å². The Labute approximate surface area is 192 Å². The minimum Gasteiger partial charge on any atom is -0.379 e. The number of alkyl halides is 3. The summed E-state index contributed by atoms with van der Waals surface area (Å²) in [5, 5.41) is 5.57. The van der Waals surface area contributed by atoms with Crippen molar-refractivity contribution < 1.29 is 22.7 Å². The van der Waals surface area contributed by atoms with Crippen molar-refractivity contribution >= 4 is 23.5 Å². The lowest BCUT2D eigenvalue weighted by atomic mass is 10.1. The summed E-state index contributed by atoms with van der Waals surface area (Å²) in [4.78, 5) is 25.4. The molecule has 0 spiro atoms. The standard InChI is InChI=1S/C21H20ClF3N6O2/c1-12-7-27-20(29-13-5-6-33-10-13)30-18(12)31-9-17(28-11-31)19(32)26-8-14-15(21(23,24)25)3-2-4-16(14)22/h2-4,7,9,11,13H,5-6,8,10H2,1H3,(H,26,32)(H,27,29,30). The van der Waals surface area contributed by atoms with Gasteiger partial charge in [-0.1, -0.05) is 17.7 Å². The van der Waals surface area contributed by atoms with E-state index in [0.717, 1.165) is 18.1 Å². The van der Waals surface area contributed by atoms with Crippen molar-refractivity contribution in [2.45, 2.75) is 32.1 Å². The third kappa shape index (κ3) is 5.25. The number of carbonyl (C=O) groups is 1. The molecule has 1 amide bonds. The highest BCUT2D eigenvalue weighted by Gasteiger charge is 2.34. The SMILES string of the molecule is Cc1cnc(NC2CCOC2)nc1-n1cnc(C(=O)NCc2c(Cl)cccc2C(F)(F)F)c1. The molecule has 3 aromatic rings. The number of aromatic nitrogens is 4. The molecule has 0 bridgehead atoms. The van der Waals surface area contributed by atoms with E-state index < -0.39 is 24.2 Å². The summed E-state index contributed by atoms with van der Waals surface area (Å²) in [6.45, 7) is 2.66. The van der Waals surface area contributed by atoms with Crippen LogP contribution < -0.4 is 10.6 Å². The molecule has 3 heterocycles. The van der Waals surface area contributed by atoms with E-state index in [1.807, 2.05) is 6.92 Å². The van der Waals surface area contributed by atoms with Crippen molar-refractivity contribution in [3.63, 3.8) is 0 Å². The van der Waals surface area contributed by atoms with Crippen LogP contribution in [0.25, 0.3) is 5.82 Å². The number of amides is 1. The van der Waals surface area contributed by atoms with Gasteiger partial charge in [0.25, 0.3) is 5.91 Å². The number of nitrogens with one attached hydrogen (secondary N) is 2. The molecular weight excluding hydrogens is 461 g/mol. The topological polar surface area (TPSA) is 94.0 Å². The van der Waals surface area contributed by atoms with Gasteiger partial charge in [0.1, 0.15) is 17.8 Å². The maximum Gasteiger partial charge on any atom is 0.416 e. The number of ether oxygens (including phenoxy) is 1. The summed E-state index contributed by atoms with van der Waals surface area (Å²) in [7, 11) is 0. The Hall–Kier alpha value is -3.18. The highest BCUT2D eigenvalue weighted by atomic mass is 35.5. The van der Waals surface area contributed by atoms with Crippen LogP contribution >= 0.6 is 11.6 Å². The minimum atomic E-state index is -4.59. The number of aryl methyl sites for hydroxylation is 1. The normalized spacial score (nSPS) is 16.1. The van der Waals surface area contributed by atoms with Gasteiger partial charge in [0.15, 0.2) is 0 Å². The smallest absolute Gasteiger partial charge is 0.379 e. The van der Waals surface area contributed by atoms with Crippen molar-refractivity contribution in [2.75, 3.05) is 18.5 Å². The molecule has 1 atom stereocenters. The quantitative estimate of drug-likeness (QED) is 0.558. The second-order valence-corrected chi connectivity index (χ2v) is 7.92. The Balaban J connectivity index is 1.49. The highest BCUT2D eigenvalue weighted by Crippen LogP contribution is 2.34. The Morgan fingerprint density at radius 2 is 2.15 bits per heavy atom. The lowest BCUT2D eigenvalue weighted by Crippen LogP contribution is -2.25. The molecular formula is C21H20ClF3N6O2. The molecule has 0 saturated carbocycles. The molecule has 1 aromatic carbocycles. The maximum atomic E-state index is 13.3. The van der Waals surface area contributed by atoms with E-state index >= 15 is 0 Å². The van der Waals surface area contributed by atoms with E-state index in [9.17, 15) is 18.0 Å². The van der Waals surface area contributed by atoms with Gasteiger partial charge in [-0.2, -0.15) is 18.2 Å². The average Bonchev–Trinajstić information content (AvgIpc) is 3.45. The summed E-state index contributed by atoms with van der Waals surface area (Å²) in [5.74, 6) is 0.294. The van der Waals surface area contributed by atoms with Gasteiger partial charge in [-0.15, -0.1) is 0 Å². The number of halogens is 4. The molecule has 1 saturated heterocycles. The summed E-state index contributed by atoms with van der Waals surface area (Å²) < 4.78 is 46.7. The molecule has 1 unspecified atom stereocenters. The van der Waals surface area contributed by atoms with Crippen LogP contribution in [0.5, 0.6) is 0 Å². The predicted octanol–water partition coefficient (Wildman–Crippen LogP) is 3.77. The van der Waals surface area contributed by atoms with Gasteiger partial charge in [0.2, 0.25) is 5.95 Å². The van der Waals surface area contributed by atoms with Crippen LogP contribution in [0, 0.1) is 6.92 Å². The fraction of sp³-hybridized carbons (Fsp3) is 0.333. The summed E-state index contributed by atoms with van der Waals surface area (Å²) in [6.07, 6.45) is 0.765. The van der Waals surface area contributed by atoms with Gasteiger partial charge in [-0.25, -0.2) is 9.97 Å². The first-order valence-electron chi connectivity index (χ1n) is 10.1. The highest BCUT2D eigenvalue weighted by molar-refractivity contribution is 6.31. The molecule has 1 aliphatic heterocycles. The van der Waals surface area contributed by atoms with Crippen LogP contribution in [0.2, 0.25) is 5.02 Å². The molecule has 4 rings (SSSR count). The number of carbonyl (C=O) groups excluding carboxylic acids is 1. The van der Waals surface area contributed by atoms with Crippen LogP contribution in [0.3, 0.4) is 0 Å². The van der Waals surface area contributed by atoms with E-state index in [2.05, 4.69) is 25.6 Å². The molecule has 2 N–H and O–H groups in total. The minimum absolute atomic E-state index is 0.0207. The second-order valence-electron chi connectivity index (χ2n) is 7.52. The number of hydrogen-bond acceptors (Lipinski definition) is 6. The fourth-order valence-electron chi connectivity index (χ4n) is 3.41. The first-order chi connectivity index (χ1) is 15.7. The lowest BCUT2D eigenvalue weighted by molar-refractivity contribution is -0.138.